The van der Waals surface area contributed by atoms with Crippen molar-refractivity contribution in [1.29, 1.82) is 0 Å². The Morgan fingerprint density at radius 2 is 1.32 bits per heavy atom. The summed E-state index contributed by atoms with van der Waals surface area (Å²) >= 11 is 5.98. The van der Waals surface area contributed by atoms with Gasteiger partial charge in [0.15, 0.2) is 0 Å². The van der Waals surface area contributed by atoms with Gasteiger partial charge in [0.2, 0.25) is 5.29 Å². The third-order valence-corrected chi connectivity index (χ3v) is 2.61. The number of allylic oxidation sites excluding steroid dienone is 1. The van der Waals surface area contributed by atoms with E-state index in [1.54, 1.807) is 0 Å². The Balaban J connectivity index is 0. The van der Waals surface area contributed by atoms with E-state index in [-0.39, 0.29) is 16.1 Å². The van der Waals surface area contributed by atoms with Gasteiger partial charge in [-0.3, -0.25) is 0 Å². The van der Waals surface area contributed by atoms with Crippen molar-refractivity contribution in [3.63, 3.8) is 0 Å². The van der Waals surface area contributed by atoms with E-state index in [9.17, 15) is 0 Å². The first-order valence-corrected chi connectivity index (χ1v) is 7.23. The molecule has 0 unspecified atom stereocenters. The van der Waals surface area contributed by atoms with Crippen LogP contribution in [0.25, 0.3) is 0 Å². The number of hydrogen-bond donors (Lipinski definition) is 0. The summed E-state index contributed by atoms with van der Waals surface area (Å²) in [6.07, 6.45) is 1.25. The van der Waals surface area contributed by atoms with Gasteiger partial charge in [0, 0.05) is 22.2 Å². The third-order valence-electron chi connectivity index (χ3n) is 2.44. The average Bonchev–Trinajstić information content (AvgIpc) is 2.15. The predicted octanol–water partition coefficient (Wildman–Crippen LogP) is 6.06. The van der Waals surface area contributed by atoms with E-state index in [0.717, 1.165) is 11.4 Å². The van der Waals surface area contributed by atoms with E-state index >= 15 is 0 Å². The van der Waals surface area contributed by atoms with E-state index in [2.05, 4.69) is 51.2 Å². The van der Waals surface area contributed by atoms with Gasteiger partial charge in [0.25, 0.3) is 0 Å². The Hall–Kier alpha value is -0.630. The molecule has 0 saturated heterocycles. The summed E-state index contributed by atoms with van der Waals surface area (Å²) < 4.78 is 0. The lowest BCUT2D eigenvalue weighted by atomic mass is 9.91. The number of rotatable bonds is 1. The molecule has 0 bridgehead atoms. The van der Waals surface area contributed by atoms with Crippen LogP contribution in [0.1, 0.15) is 68.7 Å². The van der Waals surface area contributed by atoms with Crippen molar-refractivity contribution >= 4 is 22.6 Å². The van der Waals surface area contributed by atoms with Gasteiger partial charge in [-0.05, 0) is 18.5 Å². The largest absolute Gasteiger partial charge is 0.227 e. The zero-order chi connectivity index (χ0) is 15.9. The minimum Gasteiger partial charge on any atom is -0.227 e. The van der Waals surface area contributed by atoms with Crippen LogP contribution in [-0.2, 0) is 0 Å². The van der Waals surface area contributed by atoms with Crippen LogP contribution >= 0.6 is 11.6 Å². The third kappa shape index (κ3) is 10.9. The SMILES string of the molecule is C=C(N=C(Cl)/N=C(\C)C(C)(C)C)C(C)(C)C.CCC. The van der Waals surface area contributed by atoms with Gasteiger partial charge in [-0.15, -0.1) is 0 Å². The summed E-state index contributed by atoms with van der Waals surface area (Å²) in [5.74, 6) is 0. The fourth-order valence-corrected chi connectivity index (χ4v) is 0.839. The molecule has 0 saturated carbocycles. The van der Waals surface area contributed by atoms with E-state index in [1.807, 2.05) is 27.7 Å². The summed E-state index contributed by atoms with van der Waals surface area (Å²) in [7, 11) is 0. The average molecular weight is 287 g/mol. The number of nitrogens with zero attached hydrogens (tertiary/aromatic N) is 2. The lowest BCUT2D eigenvalue weighted by Gasteiger charge is -2.19. The molecule has 0 aliphatic rings. The maximum atomic E-state index is 5.98. The van der Waals surface area contributed by atoms with Gasteiger partial charge < -0.3 is 0 Å². The second-order valence-electron chi connectivity index (χ2n) is 6.73. The lowest BCUT2D eigenvalue weighted by molar-refractivity contribution is 0.501. The molecular formula is C16H31ClN2. The van der Waals surface area contributed by atoms with E-state index < -0.39 is 0 Å². The fraction of sp³-hybridized carbons (Fsp3) is 0.750. The molecule has 0 aromatic rings. The van der Waals surface area contributed by atoms with Crippen LogP contribution in [0.3, 0.4) is 0 Å². The second kappa shape index (κ2) is 8.52. The van der Waals surface area contributed by atoms with Crippen molar-refractivity contribution in [2.24, 2.45) is 20.8 Å². The number of amidine groups is 1. The molecule has 3 heteroatoms. The lowest BCUT2D eigenvalue weighted by Crippen LogP contribution is -2.17. The first-order valence-electron chi connectivity index (χ1n) is 6.85. The van der Waals surface area contributed by atoms with Gasteiger partial charge in [-0.25, -0.2) is 9.98 Å². The molecule has 0 aliphatic heterocycles. The van der Waals surface area contributed by atoms with Crippen LogP contribution in [0, 0.1) is 10.8 Å². The van der Waals surface area contributed by atoms with Crippen molar-refractivity contribution in [3.05, 3.63) is 12.3 Å². The van der Waals surface area contributed by atoms with Crippen molar-refractivity contribution in [3.8, 4) is 0 Å². The molecule has 0 amide bonds. The highest BCUT2D eigenvalue weighted by atomic mass is 35.5. The van der Waals surface area contributed by atoms with Crippen molar-refractivity contribution < 1.29 is 0 Å². The van der Waals surface area contributed by atoms with Crippen molar-refractivity contribution in [2.45, 2.75) is 68.7 Å². The molecule has 0 heterocycles. The molecule has 2 nitrogen and oxygen atoms in total. The molecule has 0 rings (SSSR count). The standard InChI is InChI=1S/C13H23ClN2.C3H8/c1-9(12(3,4)5)15-11(14)16-10(2)13(6,7)8;1-3-2/h1H2,2-8H3;3H2,1-2H3/b15-11?,16-10+;. The quantitative estimate of drug-likeness (QED) is 0.318. The molecule has 0 aliphatic carbocycles. The van der Waals surface area contributed by atoms with Gasteiger partial charge in [-0.1, -0.05) is 68.4 Å². The predicted molar refractivity (Wildman–Crippen MR) is 90.4 cm³/mol. The fourth-order valence-electron chi connectivity index (χ4n) is 0.610. The number of halogens is 1. The molecule has 19 heavy (non-hydrogen) atoms. The normalized spacial score (nSPS) is 13.8. The maximum Gasteiger partial charge on any atom is 0.222 e. The zero-order valence-corrected chi connectivity index (χ0v) is 14.9. The zero-order valence-electron chi connectivity index (χ0n) is 14.2. The van der Waals surface area contributed by atoms with E-state index in [0.29, 0.717) is 0 Å². The molecule has 112 valence electrons. The number of aliphatic imine (C=N–C) groups is 2. The van der Waals surface area contributed by atoms with E-state index in [4.69, 9.17) is 11.6 Å². The summed E-state index contributed by atoms with van der Waals surface area (Å²) in [4.78, 5) is 8.47. The summed E-state index contributed by atoms with van der Waals surface area (Å²) in [5, 5.41) is 0.257. The minimum absolute atomic E-state index is 0.0126. The Morgan fingerprint density at radius 1 is 0.947 bits per heavy atom. The monoisotopic (exact) mass is 286 g/mol. The van der Waals surface area contributed by atoms with Crippen LogP contribution < -0.4 is 0 Å². The molecule has 0 atom stereocenters. The van der Waals surface area contributed by atoms with Crippen LogP contribution in [0.15, 0.2) is 22.3 Å². The van der Waals surface area contributed by atoms with Crippen LogP contribution in [0.4, 0.5) is 0 Å². The van der Waals surface area contributed by atoms with Crippen molar-refractivity contribution in [1.82, 2.24) is 0 Å². The number of hydrogen-bond acceptors (Lipinski definition) is 1. The second-order valence-corrected chi connectivity index (χ2v) is 7.07. The molecule has 0 aromatic carbocycles. The molecule has 0 N–H and O–H groups in total. The Kier molecular flexibility index (Phi) is 9.28. The van der Waals surface area contributed by atoms with Gasteiger partial charge in [0.05, 0.1) is 0 Å². The summed E-state index contributed by atoms with van der Waals surface area (Å²) in [6.45, 7) is 22.5. The van der Waals surface area contributed by atoms with E-state index in [1.165, 1.54) is 6.42 Å². The summed E-state index contributed by atoms with van der Waals surface area (Å²) in [5.41, 5.74) is 1.63. The van der Waals surface area contributed by atoms with Gasteiger partial charge in [0.1, 0.15) is 0 Å². The van der Waals surface area contributed by atoms with Gasteiger partial charge >= 0.3 is 0 Å². The molecule has 0 aromatic heterocycles. The first-order chi connectivity index (χ1) is 8.36. The molecular weight excluding hydrogens is 256 g/mol. The molecule has 0 fully saturated rings. The van der Waals surface area contributed by atoms with Crippen LogP contribution in [0.5, 0.6) is 0 Å². The first kappa shape index (κ1) is 20.7. The minimum atomic E-state index is -0.0781. The van der Waals surface area contributed by atoms with Gasteiger partial charge in [-0.2, -0.15) is 0 Å². The topological polar surface area (TPSA) is 24.7 Å². The Labute approximate surface area is 125 Å². The van der Waals surface area contributed by atoms with Crippen LogP contribution in [-0.4, -0.2) is 11.0 Å². The van der Waals surface area contributed by atoms with Crippen LogP contribution in [0.2, 0.25) is 0 Å². The highest BCUT2D eigenvalue weighted by molar-refractivity contribution is 6.65. The Morgan fingerprint density at radius 3 is 1.58 bits per heavy atom. The highest BCUT2D eigenvalue weighted by Gasteiger charge is 2.17. The Bertz CT molecular complexity index is 339. The maximum absolute atomic E-state index is 5.98. The smallest absolute Gasteiger partial charge is 0.222 e. The highest BCUT2D eigenvalue weighted by Crippen LogP contribution is 2.25. The molecule has 0 spiro atoms. The summed E-state index contributed by atoms with van der Waals surface area (Å²) in [6, 6.07) is 0. The molecule has 0 radical (unpaired) electrons. The van der Waals surface area contributed by atoms with Crippen molar-refractivity contribution in [2.75, 3.05) is 0 Å².